The van der Waals surface area contributed by atoms with Crippen molar-refractivity contribution in [2.75, 3.05) is 26.3 Å². The van der Waals surface area contributed by atoms with Crippen LogP contribution in [0.25, 0.3) is 0 Å². The van der Waals surface area contributed by atoms with E-state index >= 15 is 0 Å². The fourth-order valence-corrected chi connectivity index (χ4v) is 1.62. The second kappa shape index (κ2) is 5.29. The first-order valence-electron chi connectivity index (χ1n) is 4.91. The van der Waals surface area contributed by atoms with Gasteiger partial charge in [0.2, 0.25) is 5.91 Å². The monoisotopic (exact) mass is 202 g/mol. The van der Waals surface area contributed by atoms with Gasteiger partial charge in [0.15, 0.2) is 0 Å². The predicted octanol–water partition coefficient (Wildman–Crippen LogP) is -1.69. The lowest BCUT2D eigenvalue weighted by Gasteiger charge is -2.18. The van der Waals surface area contributed by atoms with Crippen molar-refractivity contribution < 1.29 is 15.0 Å². The zero-order valence-corrected chi connectivity index (χ0v) is 8.36. The van der Waals surface area contributed by atoms with Gasteiger partial charge in [-0.1, -0.05) is 6.92 Å². The van der Waals surface area contributed by atoms with Gasteiger partial charge in [0, 0.05) is 6.54 Å². The first-order valence-corrected chi connectivity index (χ1v) is 4.91. The van der Waals surface area contributed by atoms with Crippen molar-refractivity contribution >= 4 is 5.91 Å². The van der Waals surface area contributed by atoms with Gasteiger partial charge in [0.1, 0.15) is 0 Å². The van der Waals surface area contributed by atoms with Crippen LogP contribution in [0.3, 0.4) is 0 Å². The lowest BCUT2D eigenvalue weighted by atomic mass is 9.97. The van der Waals surface area contributed by atoms with E-state index in [0.717, 1.165) is 6.54 Å². The van der Waals surface area contributed by atoms with Crippen LogP contribution in [0.1, 0.15) is 6.92 Å². The Hall–Kier alpha value is -0.650. The molecule has 1 aliphatic rings. The highest BCUT2D eigenvalue weighted by Crippen LogP contribution is 2.15. The van der Waals surface area contributed by atoms with Gasteiger partial charge in [-0.05, 0) is 12.5 Å². The molecule has 0 spiro atoms. The van der Waals surface area contributed by atoms with Crippen molar-refractivity contribution in [1.82, 2.24) is 10.6 Å². The molecular formula is C9H18N2O3. The molecule has 0 unspecified atom stereocenters. The van der Waals surface area contributed by atoms with E-state index in [1.807, 2.05) is 6.92 Å². The molecule has 0 aromatic rings. The molecule has 0 radical (unpaired) electrons. The summed E-state index contributed by atoms with van der Waals surface area (Å²) in [6.45, 7) is 3.09. The molecule has 1 saturated heterocycles. The summed E-state index contributed by atoms with van der Waals surface area (Å²) in [5.74, 6) is 0.180. The Morgan fingerprint density at radius 3 is 2.57 bits per heavy atom. The molecule has 0 aromatic heterocycles. The number of hydrogen-bond donors (Lipinski definition) is 4. The Morgan fingerprint density at radius 1 is 1.50 bits per heavy atom. The molecular weight excluding hydrogens is 184 g/mol. The van der Waals surface area contributed by atoms with Crippen molar-refractivity contribution in [1.29, 1.82) is 0 Å². The molecule has 5 nitrogen and oxygen atoms in total. The van der Waals surface area contributed by atoms with Gasteiger partial charge in [0.05, 0.1) is 25.2 Å². The molecule has 0 bridgehead atoms. The fourth-order valence-electron chi connectivity index (χ4n) is 1.62. The van der Waals surface area contributed by atoms with E-state index in [-0.39, 0.29) is 25.0 Å². The van der Waals surface area contributed by atoms with E-state index < -0.39 is 6.04 Å². The number of carbonyl (C=O) groups is 1. The maximum Gasteiger partial charge on any atom is 0.225 e. The maximum atomic E-state index is 11.6. The highest BCUT2D eigenvalue weighted by atomic mass is 16.3. The summed E-state index contributed by atoms with van der Waals surface area (Å²) in [6.07, 6.45) is 0. The summed E-state index contributed by atoms with van der Waals surface area (Å²) in [7, 11) is 0. The van der Waals surface area contributed by atoms with E-state index in [2.05, 4.69) is 10.6 Å². The SMILES string of the molecule is C[C@@H]1CNC[C@H]1C(=O)NC(CO)CO. The zero-order chi connectivity index (χ0) is 10.6. The van der Waals surface area contributed by atoms with Gasteiger partial charge in [-0.3, -0.25) is 4.79 Å². The molecule has 82 valence electrons. The Balaban J connectivity index is 2.40. The smallest absolute Gasteiger partial charge is 0.225 e. The van der Waals surface area contributed by atoms with Crippen LogP contribution < -0.4 is 10.6 Å². The van der Waals surface area contributed by atoms with E-state index in [4.69, 9.17) is 10.2 Å². The third kappa shape index (κ3) is 2.67. The Bertz CT molecular complexity index is 194. The third-order valence-corrected chi connectivity index (χ3v) is 2.64. The minimum absolute atomic E-state index is 0.0457. The molecule has 1 fully saturated rings. The average Bonchev–Trinajstić information content (AvgIpc) is 2.60. The molecule has 4 N–H and O–H groups in total. The van der Waals surface area contributed by atoms with Crippen LogP contribution in [0.2, 0.25) is 0 Å². The van der Waals surface area contributed by atoms with Gasteiger partial charge < -0.3 is 20.8 Å². The highest BCUT2D eigenvalue weighted by molar-refractivity contribution is 5.79. The Labute approximate surface area is 83.5 Å². The zero-order valence-electron chi connectivity index (χ0n) is 8.36. The quantitative estimate of drug-likeness (QED) is 0.438. The normalized spacial score (nSPS) is 26.9. The van der Waals surface area contributed by atoms with Gasteiger partial charge in [-0.2, -0.15) is 0 Å². The molecule has 1 aliphatic heterocycles. The van der Waals surface area contributed by atoms with Gasteiger partial charge in [-0.15, -0.1) is 0 Å². The van der Waals surface area contributed by atoms with Crippen LogP contribution in [0, 0.1) is 11.8 Å². The van der Waals surface area contributed by atoms with Gasteiger partial charge in [-0.25, -0.2) is 0 Å². The molecule has 0 aromatic carbocycles. The van der Waals surface area contributed by atoms with Crippen LogP contribution in [0.4, 0.5) is 0 Å². The van der Waals surface area contributed by atoms with Crippen LogP contribution in [0.5, 0.6) is 0 Å². The third-order valence-electron chi connectivity index (χ3n) is 2.64. The summed E-state index contributed by atoms with van der Waals surface area (Å²) in [4.78, 5) is 11.6. The van der Waals surface area contributed by atoms with Crippen molar-refractivity contribution in [3.63, 3.8) is 0 Å². The van der Waals surface area contributed by atoms with Crippen molar-refractivity contribution in [2.24, 2.45) is 11.8 Å². The number of amides is 1. The number of rotatable bonds is 4. The molecule has 0 aliphatic carbocycles. The summed E-state index contributed by atoms with van der Waals surface area (Å²) in [5, 5.41) is 23.3. The second-order valence-electron chi connectivity index (χ2n) is 3.81. The number of hydrogen-bond acceptors (Lipinski definition) is 4. The van der Waals surface area contributed by atoms with Crippen molar-refractivity contribution in [3.8, 4) is 0 Å². The first kappa shape index (κ1) is 11.4. The standard InChI is InChI=1S/C9H18N2O3/c1-6-2-10-3-8(6)9(14)11-7(4-12)5-13/h6-8,10,12-13H,2-5H2,1H3,(H,11,14)/t6-,8-/m1/s1. The minimum Gasteiger partial charge on any atom is -0.394 e. The number of nitrogens with one attached hydrogen (secondary N) is 2. The number of aliphatic hydroxyl groups is 2. The van der Waals surface area contributed by atoms with E-state index in [0.29, 0.717) is 12.5 Å². The summed E-state index contributed by atoms with van der Waals surface area (Å²) in [5.41, 5.74) is 0. The van der Waals surface area contributed by atoms with Crippen LogP contribution in [0.15, 0.2) is 0 Å². The Kier molecular flexibility index (Phi) is 4.31. The largest absolute Gasteiger partial charge is 0.394 e. The van der Waals surface area contributed by atoms with Crippen molar-refractivity contribution in [3.05, 3.63) is 0 Å². The van der Waals surface area contributed by atoms with Crippen LogP contribution in [-0.4, -0.2) is 48.5 Å². The summed E-state index contributed by atoms with van der Waals surface area (Å²) >= 11 is 0. The molecule has 2 atom stereocenters. The Morgan fingerprint density at radius 2 is 2.14 bits per heavy atom. The summed E-state index contributed by atoms with van der Waals surface area (Å²) < 4.78 is 0. The van der Waals surface area contributed by atoms with E-state index in [1.165, 1.54) is 0 Å². The number of aliphatic hydroxyl groups excluding tert-OH is 2. The fraction of sp³-hybridized carbons (Fsp3) is 0.889. The van der Waals surface area contributed by atoms with Crippen molar-refractivity contribution in [2.45, 2.75) is 13.0 Å². The minimum atomic E-state index is -0.532. The highest BCUT2D eigenvalue weighted by Gasteiger charge is 2.30. The number of carbonyl (C=O) groups excluding carboxylic acids is 1. The predicted molar refractivity (Wildman–Crippen MR) is 51.6 cm³/mol. The van der Waals surface area contributed by atoms with Gasteiger partial charge in [0.25, 0.3) is 0 Å². The molecule has 5 heteroatoms. The topological polar surface area (TPSA) is 81.6 Å². The molecule has 14 heavy (non-hydrogen) atoms. The second-order valence-corrected chi connectivity index (χ2v) is 3.81. The average molecular weight is 202 g/mol. The van der Waals surface area contributed by atoms with Crippen LogP contribution in [-0.2, 0) is 4.79 Å². The van der Waals surface area contributed by atoms with Crippen LogP contribution >= 0.6 is 0 Å². The van der Waals surface area contributed by atoms with E-state index in [1.54, 1.807) is 0 Å². The summed E-state index contributed by atoms with van der Waals surface area (Å²) in [6, 6.07) is -0.532. The first-order chi connectivity index (χ1) is 6.69. The van der Waals surface area contributed by atoms with E-state index in [9.17, 15) is 4.79 Å². The van der Waals surface area contributed by atoms with Gasteiger partial charge >= 0.3 is 0 Å². The molecule has 1 rings (SSSR count). The molecule has 1 heterocycles. The molecule has 0 saturated carbocycles. The lowest BCUT2D eigenvalue weighted by molar-refractivity contribution is -0.126. The lowest BCUT2D eigenvalue weighted by Crippen LogP contribution is -2.44. The molecule has 1 amide bonds. The maximum absolute atomic E-state index is 11.6.